The summed E-state index contributed by atoms with van der Waals surface area (Å²) in [6.07, 6.45) is 5.89. The van der Waals surface area contributed by atoms with Crippen LogP contribution < -0.4 is 15.5 Å². The number of nitrogens with zero attached hydrogens (tertiary/aromatic N) is 4. The smallest absolute Gasteiger partial charge is 0.323 e. The van der Waals surface area contributed by atoms with Crippen LogP contribution in [0.25, 0.3) is 11.0 Å². The molecule has 2 N–H and O–H groups in total. The molecule has 1 atom stereocenters. The van der Waals surface area contributed by atoms with E-state index in [4.69, 9.17) is 0 Å². The predicted molar refractivity (Wildman–Crippen MR) is 144 cm³/mol. The molecule has 1 aliphatic heterocycles. The number of anilines is 3. The summed E-state index contributed by atoms with van der Waals surface area (Å²) in [5, 5.41) is 6.90. The number of halogens is 1. The van der Waals surface area contributed by atoms with Crippen LogP contribution >= 0.6 is 30.3 Å². The SMILES string of the molecule is O=C(Nc1ccccc1)Nc1cccc(C2CCCN(c3ncnc4c3ccn4SI)C2)c1. The van der Waals surface area contributed by atoms with Crippen molar-refractivity contribution in [1.82, 2.24) is 13.9 Å². The second kappa shape index (κ2) is 10.0. The second-order valence-corrected chi connectivity index (χ2v) is 9.71. The van der Waals surface area contributed by atoms with Crippen molar-refractivity contribution in [1.29, 1.82) is 0 Å². The lowest BCUT2D eigenvalue weighted by molar-refractivity contribution is 0.262. The van der Waals surface area contributed by atoms with E-state index in [0.29, 0.717) is 5.92 Å². The fourth-order valence-electron chi connectivity index (χ4n) is 4.35. The Morgan fingerprint density at radius 1 is 1.03 bits per heavy atom. The Hall–Kier alpha value is -2.79. The van der Waals surface area contributed by atoms with Crippen molar-refractivity contribution in [3.63, 3.8) is 0 Å². The Bertz CT molecular complexity index is 1260. The van der Waals surface area contributed by atoms with Crippen molar-refractivity contribution in [2.24, 2.45) is 0 Å². The molecule has 33 heavy (non-hydrogen) atoms. The van der Waals surface area contributed by atoms with E-state index in [1.54, 1.807) is 15.4 Å². The molecule has 1 unspecified atom stereocenters. The number of aromatic nitrogens is 3. The lowest BCUT2D eigenvalue weighted by Gasteiger charge is -2.34. The van der Waals surface area contributed by atoms with Crippen LogP contribution in [0, 0.1) is 0 Å². The molecule has 1 saturated heterocycles. The molecular weight excluding hydrogens is 547 g/mol. The molecule has 7 nitrogen and oxygen atoms in total. The van der Waals surface area contributed by atoms with Crippen molar-refractivity contribution < 1.29 is 4.79 Å². The fourth-order valence-corrected chi connectivity index (χ4v) is 5.62. The van der Waals surface area contributed by atoms with Crippen molar-refractivity contribution >= 4 is 64.6 Å². The normalized spacial score (nSPS) is 16.0. The number of carbonyl (C=O) groups excluding carboxylic acids is 1. The standard InChI is InChI=1S/C24H23IN6OS/c25-33-31-13-11-21-22(26-16-27-23(21)31)30-12-5-7-18(15-30)17-6-4-10-20(14-17)29-24(32)28-19-8-2-1-3-9-19/h1-4,6,8-11,13-14,16,18H,5,7,12,15H2,(H2,28,29,32). The van der Waals surface area contributed by atoms with Crippen LogP contribution in [0.2, 0.25) is 0 Å². The van der Waals surface area contributed by atoms with Gasteiger partial charge in [-0.25, -0.2) is 14.8 Å². The maximum absolute atomic E-state index is 12.4. The van der Waals surface area contributed by atoms with Crippen molar-refractivity contribution in [3.05, 3.63) is 78.8 Å². The molecule has 0 bridgehead atoms. The molecule has 0 radical (unpaired) electrons. The van der Waals surface area contributed by atoms with Gasteiger partial charge in [0.05, 0.1) is 5.39 Å². The molecule has 4 aromatic rings. The maximum atomic E-state index is 12.4. The van der Waals surface area contributed by atoms with Gasteiger partial charge in [-0.3, -0.25) is 3.97 Å². The van der Waals surface area contributed by atoms with E-state index in [0.717, 1.165) is 54.2 Å². The van der Waals surface area contributed by atoms with Crippen molar-refractivity contribution in [3.8, 4) is 0 Å². The fraction of sp³-hybridized carbons (Fsp3) is 0.208. The quantitative estimate of drug-likeness (QED) is 0.276. The number of rotatable bonds is 5. The van der Waals surface area contributed by atoms with Gasteiger partial charge in [-0.2, -0.15) is 0 Å². The Kier molecular flexibility index (Phi) is 6.68. The Balaban J connectivity index is 1.31. The van der Waals surface area contributed by atoms with Crippen molar-refractivity contribution in [2.45, 2.75) is 18.8 Å². The zero-order chi connectivity index (χ0) is 22.6. The molecule has 0 saturated carbocycles. The zero-order valence-electron chi connectivity index (χ0n) is 17.8. The number of para-hydroxylation sites is 1. The number of fused-ring (bicyclic) bond motifs is 1. The number of amides is 2. The second-order valence-electron chi connectivity index (χ2n) is 8.00. The topological polar surface area (TPSA) is 75.1 Å². The van der Waals surface area contributed by atoms with Gasteiger partial charge in [0.15, 0.2) is 5.65 Å². The molecular formula is C24H23IN6OS. The van der Waals surface area contributed by atoms with Gasteiger partial charge in [-0.15, -0.1) is 0 Å². The zero-order valence-corrected chi connectivity index (χ0v) is 20.8. The predicted octanol–water partition coefficient (Wildman–Crippen LogP) is 6.31. The third kappa shape index (κ3) is 4.93. The highest BCUT2D eigenvalue weighted by Gasteiger charge is 2.24. The van der Waals surface area contributed by atoms with Gasteiger partial charge < -0.3 is 15.5 Å². The minimum absolute atomic E-state index is 0.246. The number of hydrogen-bond donors (Lipinski definition) is 2. The molecule has 2 aromatic carbocycles. The van der Waals surface area contributed by atoms with Gasteiger partial charge in [0.25, 0.3) is 0 Å². The molecule has 1 aliphatic rings. The van der Waals surface area contributed by atoms with Crippen LogP contribution in [0.15, 0.2) is 73.2 Å². The van der Waals surface area contributed by atoms with Gasteiger partial charge in [-0.1, -0.05) is 30.3 Å². The van der Waals surface area contributed by atoms with E-state index in [9.17, 15) is 4.79 Å². The molecule has 0 spiro atoms. The third-order valence-corrected chi connectivity index (χ3v) is 7.59. The highest BCUT2D eigenvalue weighted by Crippen LogP contribution is 2.34. The summed E-state index contributed by atoms with van der Waals surface area (Å²) < 4.78 is 2.05. The van der Waals surface area contributed by atoms with Gasteiger partial charge in [-0.05, 0) is 48.7 Å². The van der Waals surface area contributed by atoms with Gasteiger partial charge in [0, 0.05) is 66.9 Å². The summed E-state index contributed by atoms with van der Waals surface area (Å²) >= 11 is 2.26. The molecule has 9 heteroatoms. The first-order chi connectivity index (χ1) is 16.2. The number of nitrogens with one attached hydrogen (secondary N) is 2. The number of hydrogen-bond acceptors (Lipinski definition) is 5. The minimum Gasteiger partial charge on any atom is -0.355 e. The van der Waals surface area contributed by atoms with E-state index >= 15 is 0 Å². The van der Waals surface area contributed by atoms with Crippen LogP contribution in [0.4, 0.5) is 22.0 Å². The molecule has 168 valence electrons. The van der Waals surface area contributed by atoms with E-state index in [1.807, 2.05) is 48.7 Å². The molecule has 2 amide bonds. The maximum Gasteiger partial charge on any atom is 0.323 e. The lowest BCUT2D eigenvalue weighted by Crippen LogP contribution is -2.35. The lowest BCUT2D eigenvalue weighted by atomic mass is 9.90. The minimum atomic E-state index is -0.246. The van der Waals surface area contributed by atoms with Crippen molar-refractivity contribution in [2.75, 3.05) is 28.6 Å². The third-order valence-electron chi connectivity index (χ3n) is 5.87. The average Bonchev–Trinajstić information content (AvgIpc) is 3.28. The Labute approximate surface area is 208 Å². The monoisotopic (exact) mass is 570 g/mol. The first-order valence-corrected chi connectivity index (χ1v) is 14.1. The van der Waals surface area contributed by atoms with Gasteiger partial charge >= 0.3 is 6.03 Å². The highest BCUT2D eigenvalue weighted by molar-refractivity contribution is 14.2. The summed E-state index contributed by atoms with van der Waals surface area (Å²) in [5.74, 6) is 1.36. The van der Waals surface area contributed by atoms with E-state index in [2.05, 4.69) is 68.9 Å². The molecule has 5 rings (SSSR count). The summed E-state index contributed by atoms with van der Waals surface area (Å²) in [7, 11) is 1.60. The largest absolute Gasteiger partial charge is 0.355 e. The van der Waals surface area contributed by atoms with E-state index in [1.165, 1.54) is 5.56 Å². The van der Waals surface area contributed by atoms with Crippen LogP contribution in [0.1, 0.15) is 24.3 Å². The number of urea groups is 1. The number of benzene rings is 2. The molecule has 0 aliphatic carbocycles. The number of carbonyl (C=O) groups is 1. The molecule has 1 fully saturated rings. The Morgan fingerprint density at radius 3 is 2.70 bits per heavy atom. The number of piperidine rings is 1. The molecule has 2 aromatic heterocycles. The summed E-state index contributed by atoms with van der Waals surface area (Å²) in [4.78, 5) is 23.9. The summed E-state index contributed by atoms with van der Waals surface area (Å²) in [6, 6.07) is 19.4. The van der Waals surface area contributed by atoms with Crippen LogP contribution in [0.3, 0.4) is 0 Å². The average molecular weight is 570 g/mol. The Morgan fingerprint density at radius 2 is 1.85 bits per heavy atom. The summed E-state index contributed by atoms with van der Waals surface area (Å²) in [5.41, 5.74) is 3.72. The van der Waals surface area contributed by atoms with Crippen LogP contribution in [-0.4, -0.2) is 33.1 Å². The first kappa shape index (κ1) is 22.0. The van der Waals surface area contributed by atoms with Gasteiger partial charge in [0.2, 0.25) is 0 Å². The van der Waals surface area contributed by atoms with E-state index in [-0.39, 0.29) is 6.03 Å². The highest BCUT2D eigenvalue weighted by atomic mass is 127. The molecule has 3 heterocycles. The first-order valence-electron chi connectivity index (χ1n) is 10.8. The summed E-state index contributed by atoms with van der Waals surface area (Å²) in [6.45, 7) is 1.86. The van der Waals surface area contributed by atoms with Gasteiger partial charge in [0.1, 0.15) is 12.1 Å². The van der Waals surface area contributed by atoms with E-state index < -0.39 is 0 Å². The van der Waals surface area contributed by atoms with Crippen LogP contribution in [0.5, 0.6) is 0 Å². The van der Waals surface area contributed by atoms with Crippen LogP contribution in [-0.2, 0) is 0 Å².